The van der Waals surface area contributed by atoms with Crippen LogP contribution in [-0.4, -0.2) is 69.5 Å². The Morgan fingerprint density at radius 3 is 2.29 bits per heavy atom. The van der Waals surface area contributed by atoms with Crippen LogP contribution in [0.2, 0.25) is 0 Å². The third-order valence-electron chi connectivity index (χ3n) is 6.62. The third kappa shape index (κ3) is 7.42. The molecule has 1 fully saturated rings. The summed E-state index contributed by atoms with van der Waals surface area (Å²) in [6.45, 7) is 7.59. The number of carboxylic acid groups (broad SMARTS) is 1. The molecule has 194 valence electrons. The largest absolute Gasteiger partial charge is 0.508 e. The van der Waals surface area contributed by atoms with Crippen LogP contribution in [0.1, 0.15) is 52.5 Å². The first kappa shape index (κ1) is 28.1. The number of phenols is 1. The monoisotopic (exact) mass is 490 g/mol. The van der Waals surface area contributed by atoms with E-state index in [1.165, 1.54) is 17.0 Å². The fourth-order valence-electron chi connectivity index (χ4n) is 4.10. The first-order valence-electron chi connectivity index (χ1n) is 12.1. The van der Waals surface area contributed by atoms with Gasteiger partial charge in [0, 0.05) is 13.0 Å². The molecule has 2 rings (SSSR count). The van der Waals surface area contributed by atoms with Crippen molar-refractivity contribution >= 4 is 23.7 Å². The van der Waals surface area contributed by atoms with Gasteiger partial charge >= 0.3 is 5.97 Å². The zero-order chi connectivity index (χ0) is 26.3. The number of nitrogens with two attached hydrogens (primary N) is 1. The van der Waals surface area contributed by atoms with Gasteiger partial charge in [-0.3, -0.25) is 14.4 Å². The van der Waals surface area contributed by atoms with Gasteiger partial charge in [-0.2, -0.15) is 0 Å². The van der Waals surface area contributed by atoms with Gasteiger partial charge in [0.25, 0.3) is 0 Å². The molecule has 0 saturated carbocycles. The van der Waals surface area contributed by atoms with E-state index in [1.54, 1.807) is 26.0 Å². The lowest BCUT2D eigenvalue weighted by Crippen LogP contribution is -2.58. The minimum absolute atomic E-state index is 0.0381. The molecule has 1 aromatic rings. The van der Waals surface area contributed by atoms with Gasteiger partial charge in [0.1, 0.15) is 23.9 Å². The Bertz CT molecular complexity index is 904. The first-order valence-corrected chi connectivity index (χ1v) is 12.1. The van der Waals surface area contributed by atoms with Crippen molar-refractivity contribution in [1.29, 1.82) is 0 Å². The number of aromatic hydroxyl groups is 1. The summed E-state index contributed by atoms with van der Waals surface area (Å²) in [5.74, 6) is -2.93. The highest BCUT2D eigenvalue weighted by molar-refractivity contribution is 5.94. The van der Waals surface area contributed by atoms with E-state index in [9.17, 15) is 29.4 Å². The molecule has 1 aliphatic rings. The van der Waals surface area contributed by atoms with Gasteiger partial charge in [-0.15, -0.1) is 0 Å². The van der Waals surface area contributed by atoms with Crippen molar-refractivity contribution in [1.82, 2.24) is 15.5 Å². The number of nitrogens with zero attached hydrogens (tertiary/aromatic N) is 1. The zero-order valence-corrected chi connectivity index (χ0v) is 20.9. The molecule has 3 amide bonds. The number of carbonyl (C=O) groups is 4. The number of carboxylic acids is 1. The Morgan fingerprint density at radius 2 is 1.74 bits per heavy atom. The maximum Gasteiger partial charge on any atom is 0.326 e. The quantitative estimate of drug-likeness (QED) is 0.309. The first-order chi connectivity index (χ1) is 16.5. The summed E-state index contributed by atoms with van der Waals surface area (Å²) in [4.78, 5) is 52.4. The lowest BCUT2D eigenvalue weighted by atomic mass is 9.98. The highest BCUT2D eigenvalue weighted by Gasteiger charge is 2.39. The van der Waals surface area contributed by atoms with Crippen molar-refractivity contribution in [2.24, 2.45) is 17.6 Å². The topological polar surface area (TPSA) is 162 Å². The highest BCUT2D eigenvalue weighted by Crippen LogP contribution is 2.21. The smallest absolute Gasteiger partial charge is 0.326 e. The van der Waals surface area contributed by atoms with Crippen LogP contribution in [0.5, 0.6) is 5.75 Å². The van der Waals surface area contributed by atoms with E-state index in [0.29, 0.717) is 24.9 Å². The number of amides is 3. The normalized spacial score (nSPS) is 19.0. The van der Waals surface area contributed by atoms with E-state index in [2.05, 4.69) is 10.6 Å². The molecular formula is C25H38N4O6. The number of nitrogens with one attached hydrogen (secondary N) is 2. The molecule has 35 heavy (non-hydrogen) atoms. The molecule has 1 aliphatic heterocycles. The predicted octanol–water partition coefficient (Wildman–Crippen LogP) is 1.01. The lowest BCUT2D eigenvalue weighted by Gasteiger charge is -2.30. The Kier molecular flexibility index (Phi) is 10.1. The number of rotatable bonds is 11. The molecule has 0 aromatic heterocycles. The molecule has 5 atom stereocenters. The average molecular weight is 491 g/mol. The van der Waals surface area contributed by atoms with Crippen LogP contribution in [0, 0.1) is 11.8 Å². The lowest BCUT2D eigenvalue weighted by molar-refractivity contribution is -0.144. The van der Waals surface area contributed by atoms with Crippen LogP contribution < -0.4 is 16.4 Å². The summed E-state index contributed by atoms with van der Waals surface area (Å²) in [6.07, 6.45) is 1.89. The summed E-state index contributed by atoms with van der Waals surface area (Å²) in [6, 6.07) is 2.50. The van der Waals surface area contributed by atoms with Gasteiger partial charge in [-0.25, -0.2) is 4.79 Å². The minimum atomic E-state index is -1.17. The predicted molar refractivity (Wildman–Crippen MR) is 130 cm³/mol. The van der Waals surface area contributed by atoms with Crippen molar-refractivity contribution in [2.45, 2.75) is 77.5 Å². The van der Waals surface area contributed by atoms with Crippen LogP contribution in [0.15, 0.2) is 24.3 Å². The molecular weight excluding hydrogens is 452 g/mol. The second-order valence-electron chi connectivity index (χ2n) is 9.60. The third-order valence-corrected chi connectivity index (χ3v) is 6.62. The number of likely N-dealkylation sites (tertiary alicyclic amines) is 1. The maximum atomic E-state index is 13.3. The van der Waals surface area contributed by atoms with Gasteiger partial charge in [-0.05, 0) is 42.4 Å². The van der Waals surface area contributed by atoms with Crippen LogP contribution >= 0.6 is 0 Å². The highest BCUT2D eigenvalue weighted by atomic mass is 16.4. The summed E-state index contributed by atoms with van der Waals surface area (Å²) in [5, 5.41) is 24.3. The number of carbonyl (C=O) groups excluding carboxylic acids is 3. The van der Waals surface area contributed by atoms with Crippen LogP contribution in [0.3, 0.4) is 0 Å². The van der Waals surface area contributed by atoms with E-state index in [0.717, 1.165) is 6.42 Å². The molecule has 1 aromatic carbocycles. The molecule has 0 bridgehead atoms. The molecule has 6 N–H and O–H groups in total. The number of aliphatic carboxylic acids is 1. The van der Waals surface area contributed by atoms with Gasteiger partial charge in [0.2, 0.25) is 17.7 Å². The molecule has 10 heteroatoms. The van der Waals surface area contributed by atoms with Crippen molar-refractivity contribution in [2.75, 3.05) is 6.54 Å². The number of benzene rings is 1. The molecule has 0 aliphatic carbocycles. The van der Waals surface area contributed by atoms with E-state index in [4.69, 9.17) is 5.73 Å². The Hall–Kier alpha value is -3.14. The van der Waals surface area contributed by atoms with E-state index in [-0.39, 0.29) is 29.9 Å². The second kappa shape index (κ2) is 12.5. The number of hydrogen-bond donors (Lipinski definition) is 5. The molecule has 0 spiro atoms. The van der Waals surface area contributed by atoms with E-state index < -0.39 is 42.0 Å². The second-order valence-corrected chi connectivity index (χ2v) is 9.60. The number of hydrogen-bond acceptors (Lipinski definition) is 6. The maximum absolute atomic E-state index is 13.3. The van der Waals surface area contributed by atoms with Gasteiger partial charge in [-0.1, -0.05) is 46.2 Å². The molecule has 5 unspecified atom stereocenters. The molecule has 10 nitrogen and oxygen atoms in total. The van der Waals surface area contributed by atoms with Crippen molar-refractivity contribution in [3.05, 3.63) is 29.8 Å². The standard InChI is InChI=1S/C25H38N4O6/c1-5-15(4)20(26)24(33)29-12-6-7-19(29)23(32)27-18(13-16-8-10-17(30)11-9-16)22(31)28-21(14(2)3)25(34)35/h8-11,14-15,18-21,30H,5-7,12-13,26H2,1-4H3,(H,27,32)(H,28,31)(H,34,35). The summed E-state index contributed by atoms with van der Waals surface area (Å²) in [7, 11) is 0. The van der Waals surface area contributed by atoms with Gasteiger partial charge in [0.05, 0.1) is 6.04 Å². The SMILES string of the molecule is CCC(C)C(N)C(=O)N1CCCC1C(=O)NC(Cc1ccc(O)cc1)C(=O)NC(C(=O)O)C(C)C. The summed E-state index contributed by atoms with van der Waals surface area (Å²) < 4.78 is 0. The minimum Gasteiger partial charge on any atom is -0.508 e. The Labute approximate surface area is 206 Å². The van der Waals surface area contributed by atoms with Gasteiger partial charge in [0.15, 0.2) is 0 Å². The Morgan fingerprint density at radius 1 is 1.11 bits per heavy atom. The van der Waals surface area contributed by atoms with Crippen molar-refractivity contribution < 1.29 is 29.4 Å². The van der Waals surface area contributed by atoms with Crippen LogP contribution in [-0.2, 0) is 25.6 Å². The Balaban J connectivity index is 2.23. The van der Waals surface area contributed by atoms with Gasteiger partial charge < -0.3 is 31.5 Å². The average Bonchev–Trinajstić information content (AvgIpc) is 3.31. The van der Waals surface area contributed by atoms with Crippen LogP contribution in [0.25, 0.3) is 0 Å². The van der Waals surface area contributed by atoms with Crippen molar-refractivity contribution in [3.63, 3.8) is 0 Å². The fourth-order valence-corrected chi connectivity index (χ4v) is 4.10. The zero-order valence-electron chi connectivity index (χ0n) is 20.9. The molecule has 0 radical (unpaired) electrons. The molecule has 1 heterocycles. The summed E-state index contributed by atoms with van der Waals surface area (Å²) in [5.41, 5.74) is 6.79. The van der Waals surface area contributed by atoms with Crippen molar-refractivity contribution in [3.8, 4) is 5.75 Å². The van der Waals surface area contributed by atoms with E-state index >= 15 is 0 Å². The van der Waals surface area contributed by atoms with Crippen LogP contribution in [0.4, 0.5) is 0 Å². The summed E-state index contributed by atoms with van der Waals surface area (Å²) >= 11 is 0. The fraction of sp³-hybridized carbons (Fsp3) is 0.600. The number of phenolic OH excluding ortho intramolecular Hbond substituents is 1. The molecule has 1 saturated heterocycles. The van der Waals surface area contributed by atoms with E-state index in [1.807, 2.05) is 13.8 Å².